The van der Waals surface area contributed by atoms with Crippen LogP contribution in [0.15, 0.2) is 36.7 Å². The van der Waals surface area contributed by atoms with Crippen molar-refractivity contribution >= 4 is 5.91 Å². The lowest BCUT2D eigenvalue weighted by Crippen LogP contribution is -2.38. The van der Waals surface area contributed by atoms with E-state index in [4.69, 9.17) is 0 Å². The van der Waals surface area contributed by atoms with Gasteiger partial charge in [-0.15, -0.1) is 5.10 Å². The summed E-state index contributed by atoms with van der Waals surface area (Å²) in [5.41, 5.74) is 1.09. The molecule has 1 saturated carbocycles. The van der Waals surface area contributed by atoms with Crippen LogP contribution in [-0.4, -0.2) is 32.7 Å². The fraction of sp³-hybridized carbons (Fsp3) is 0.467. The summed E-state index contributed by atoms with van der Waals surface area (Å²) in [7, 11) is 0. The molecule has 1 aliphatic carbocycles. The molecule has 0 radical (unpaired) electrons. The first-order valence-electron chi connectivity index (χ1n) is 7.37. The van der Waals surface area contributed by atoms with E-state index in [1.807, 2.05) is 30.3 Å². The van der Waals surface area contributed by atoms with E-state index in [1.165, 1.54) is 30.3 Å². The predicted molar refractivity (Wildman–Crippen MR) is 77.4 cm³/mol. The Balaban J connectivity index is 1.68. The minimum Gasteiger partial charge on any atom is -0.354 e. The van der Waals surface area contributed by atoms with Gasteiger partial charge >= 0.3 is 0 Å². The molecular formula is C15H19N5O. The van der Waals surface area contributed by atoms with E-state index in [9.17, 15) is 4.79 Å². The first-order valence-corrected chi connectivity index (χ1v) is 7.37. The molecule has 0 saturated heterocycles. The highest BCUT2D eigenvalue weighted by atomic mass is 16.2. The van der Waals surface area contributed by atoms with Crippen molar-refractivity contribution in [1.29, 1.82) is 0 Å². The van der Waals surface area contributed by atoms with Crippen molar-refractivity contribution in [2.45, 2.75) is 31.7 Å². The van der Waals surface area contributed by atoms with Gasteiger partial charge < -0.3 is 5.32 Å². The van der Waals surface area contributed by atoms with Crippen LogP contribution >= 0.6 is 0 Å². The van der Waals surface area contributed by atoms with Crippen LogP contribution in [0.4, 0.5) is 0 Å². The molecule has 6 nitrogen and oxygen atoms in total. The molecule has 1 atom stereocenters. The molecule has 0 bridgehead atoms. The van der Waals surface area contributed by atoms with E-state index < -0.39 is 6.04 Å². The molecule has 21 heavy (non-hydrogen) atoms. The molecule has 1 aromatic carbocycles. The van der Waals surface area contributed by atoms with Crippen LogP contribution < -0.4 is 5.32 Å². The largest absolute Gasteiger partial charge is 0.354 e. The zero-order valence-electron chi connectivity index (χ0n) is 11.9. The van der Waals surface area contributed by atoms with Crippen molar-refractivity contribution in [1.82, 2.24) is 25.5 Å². The predicted octanol–water partition coefficient (Wildman–Crippen LogP) is 1.37. The lowest BCUT2D eigenvalue weighted by atomic mass is 9.85. The molecule has 1 aliphatic rings. The number of carbonyl (C=O) groups is 1. The van der Waals surface area contributed by atoms with Gasteiger partial charge in [0.15, 0.2) is 0 Å². The summed E-state index contributed by atoms with van der Waals surface area (Å²) in [6.07, 6.45) is 5.79. The van der Waals surface area contributed by atoms with Crippen molar-refractivity contribution in [3.63, 3.8) is 0 Å². The van der Waals surface area contributed by atoms with E-state index in [0.717, 1.165) is 12.1 Å². The highest BCUT2D eigenvalue weighted by Gasteiger charge is 2.24. The van der Waals surface area contributed by atoms with E-state index in [2.05, 4.69) is 20.8 Å². The third-order valence-electron chi connectivity index (χ3n) is 4.05. The number of amides is 1. The van der Waals surface area contributed by atoms with Crippen molar-refractivity contribution < 1.29 is 4.79 Å². The SMILES string of the molecule is O=C(NCC1CCC1)[C@H](Cc1ccccc1)n1cnnn1. The van der Waals surface area contributed by atoms with E-state index in [1.54, 1.807) is 0 Å². The number of hydrogen-bond donors (Lipinski definition) is 1. The van der Waals surface area contributed by atoms with Gasteiger partial charge in [-0.2, -0.15) is 0 Å². The molecule has 1 heterocycles. The van der Waals surface area contributed by atoms with Gasteiger partial charge in [0.05, 0.1) is 0 Å². The standard InChI is InChI=1S/C15H19N5O/c21-15(16-10-13-7-4-8-13)14(20-11-17-18-19-20)9-12-5-2-1-3-6-12/h1-3,5-6,11,13-14H,4,7-10H2,(H,16,21)/t14-/m0/s1. The highest BCUT2D eigenvalue weighted by Crippen LogP contribution is 2.25. The second-order valence-corrected chi connectivity index (χ2v) is 5.54. The number of hydrogen-bond acceptors (Lipinski definition) is 4. The monoisotopic (exact) mass is 285 g/mol. The Bertz CT molecular complexity index is 565. The quantitative estimate of drug-likeness (QED) is 0.870. The summed E-state index contributed by atoms with van der Waals surface area (Å²) >= 11 is 0. The zero-order chi connectivity index (χ0) is 14.5. The summed E-state index contributed by atoms with van der Waals surface area (Å²) in [4.78, 5) is 12.5. The van der Waals surface area contributed by atoms with Crippen LogP contribution in [0.3, 0.4) is 0 Å². The lowest BCUT2D eigenvalue weighted by Gasteiger charge is -2.26. The van der Waals surface area contributed by atoms with Crippen molar-refractivity contribution in [2.24, 2.45) is 5.92 Å². The molecule has 0 unspecified atom stereocenters. The number of benzene rings is 1. The topological polar surface area (TPSA) is 72.7 Å². The van der Waals surface area contributed by atoms with Crippen molar-refractivity contribution in [3.8, 4) is 0 Å². The number of rotatable bonds is 6. The van der Waals surface area contributed by atoms with E-state index in [-0.39, 0.29) is 5.91 Å². The van der Waals surface area contributed by atoms with Gasteiger partial charge in [0.25, 0.3) is 0 Å². The first kappa shape index (κ1) is 13.7. The third-order valence-corrected chi connectivity index (χ3v) is 4.05. The molecule has 0 aliphatic heterocycles. The van der Waals surface area contributed by atoms with Gasteiger partial charge in [0, 0.05) is 13.0 Å². The average molecular weight is 285 g/mol. The number of nitrogens with zero attached hydrogens (tertiary/aromatic N) is 4. The van der Waals surface area contributed by atoms with Crippen molar-refractivity contribution in [3.05, 3.63) is 42.2 Å². The van der Waals surface area contributed by atoms with Crippen molar-refractivity contribution in [2.75, 3.05) is 6.54 Å². The van der Waals surface area contributed by atoms with Crippen LogP contribution in [0.1, 0.15) is 30.9 Å². The number of carbonyl (C=O) groups excluding carboxylic acids is 1. The Kier molecular flexibility index (Phi) is 4.23. The van der Waals surface area contributed by atoms with Crippen LogP contribution in [0.25, 0.3) is 0 Å². The fourth-order valence-corrected chi connectivity index (χ4v) is 2.51. The maximum Gasteiger partial charge on any atom is 0.245 e. The van der Waals surface area contributed by atoms with Crippen LogP contribution in [-0.2, 0) is 11.2 Å². The molecule has 2 aromatic rings. The summed E-state index contributed by atoms with van der Waals surface area (Å²) in [5.74, 6) is 0.623. The molecule has 110 valence electrons. The van der Waals surface area contributed by atoms with Crippen LogP contribution in [0, 0.1) is 5.92 Å². The number of tetrazole rings is 1. The summed E-state index contributed by atoms with van der Waals surface area (Å²) in [6, 6.07) is 9.53. The van der Waals surface area contributed by atoms with Gasteiger partial charge in [-0.3, -0.25) is 4.79 Å². The summed E-state index contributed by atoms with van der Waals surface area (Å²) < 4.78 is 1.53. The van der Waals surface area contributed by atoms with E-state index >= 15 is 0 Å². The Labute approximate surface area is 123 Å². The maximum absolute atomic E-state index is 12.5. The first-order chi connectivity index (χ1) is 10.3. The maximum atomic E-state index is 12.5. The smallest absolute Gasteiger partial charge is 0.245 e. The normalized spacial score (nSPS) is 16.2. The molecule has 0 spiro atoms. The Hall–Kier alpha value is -2.24. The molecule has 6 heteroatoms. The molecule has 1 amide bonds. The molecule has 1 fully saturated rings. The summed E-state index contributed by atoms with van der Waals surface area (Å²) in [6.45, 7) is 0.756. The lowest BCUT2D eigenvalue weighted by molar-refractivity contribution is -0.125. The Morgan fingerprint density at radius 1 is 1.33 bits per heavy atom. The second kappa shape index (κ2) is 6.47. The van der Waals surface area contributed by atoms with E-state index in [0.29, 0.717) is 12.3 Å². The Morgan fingerprint density at radius 2 is 2.14 bits per heavy atom. The van der Waals surface area contributed by atoms with Gasteiger partial charge in [0.1, 0.15) is 12.4 Å². The van der Waals surface area contributed by atoms with Gasteiger partial charge in [-0.25, -0.2) is 4.68 Å². The minimum absolute atomic E-state index is 0.0157. The van der Waals surface area contributed by atoms with Gasteiger partial charge in [-0.1, -0.05) is 36.8 Å². The molecule has 3 rings (SSSR count). The molecule has 1 N–H and O–H groups in total. The molecular weight excluding hydrogens is 266 g/mol. The average Bonchev–Trinajstić information content (AvgIpc) is 2.98. The van der Waals surface area contributed by atoms with Crippen LogP contribution in [0.5, 0.6) is 0 Å². The number of nitrogens with one attached hydrogen (secondary N) is 1. The fourth-order valence-electron chi connectivity index (χ4n) is 2.51. The summed E-state index contributed by atoms with van der Waals surface area (Å²) in [5, 5.41) is 14.2. The Morgan fingerprint density at radius 3 is 2.76 bits per heavy atom. The van der Waals surface area contributed by atoms with Crippen LogP contribution in [0.2, 0.25) is 0 Å². The minimum atomic E-state index is -0.400. The third kappa shape index (κ3) is 3.45. The van der Waals surface area contributed by atoms with Gasteiger partial charge in [0.2, 0.25) is 5.91 Å². The number of aromatic nitrogens is 4. The van der Waals surface area contributed by atoms with Gasteiger partial charge in [-0.05, 0) is 34.7 Å². The molecule has 1 aromatic heterocycles. The highest BCUT2D eigenvalue weighted by molar-refractivity contribution is 5.80. The zero-order valence-corrected chi connectivity index (χ0v) is 11.9. The second-order valence-electron chi connectivity index (χ2n) is 5.54.